The van der Waals surface area contributed by atoms with Gasteiger partial charge in [-0.2, -0.15) is 0 Å². The van der Waals surface area contributed by atoms with Crippen molar-refractivity contribution in [1.29, 1.82) is 0 Å². The first kappa shape index (κ1) is 80.4. The zero-order valence-electron chi connectivity index (χ0n) is 75.2. The predicted octanol–water partition coefficient (Wildman–Crippen LogP) is 30.7. The summed E-state index contributed by atoms with van der Waals surface area (Å²) in [6.45, 7) is 0. The molecule has 30 rings (SSSR count). The standard InChI is InChI=1S/C34H21N3.C32H19N5.C30H19N3.C29H18N4/c1-2-12-23-22(11-1)21-29(25-14-4-3-13-24(23)25)33-28-17-5-8-18-30(28)35-34(36-33)37-31-19-9-6-15-26(31)27-16-7-10-20-32(27)37;1-4-14-26-24(12-1)30(25-19-20-9-7-17-33-29(20)31-23(25)13-8-18-34-31)36-32(35-26)37-27-15-5-2-10-21(27)22-11-3-6-16-28(22)37;1-2-12-21-20(10-1)11-9-16-24(21)29-25-15-3-6-17-26(25)31-30(32-29)33-27-18-7-4-13-22(27)23-14-5-8-19-28(23)33;1-2-10-20-19(9-1)17-30-18-24(20)28-23-13-3-6-14-25(23)31-29(32-28)33-26-15-7-4-11-21(26)22-12-5-8-16-27(22)33/h1-21H;1-19H;1-19H;1-18H. The van der Waals surface area contributed by atoms with Gasteiger partial charge in [0, 0.05) is 128 Å². The van der Waals surface area contributed by atoms with E-state index in [0.29, 0.717) is 23.8 Å². The van der Waals surface area contributed by atoms with Crippen molar-refractivity contribution < 1.29 is 0 Å². The number of benzene rings is 19. The smallest absolute Gasteiger partial charge is 0.235 e. The van der Waals surface area contributed by atoms with E-state index in [1.54, 1.807) is 0 Å². The van der Waals surface area contributed by atoms with Crippen molar-refractivity contribution in [1.82, 2.24) is 73.1 Å². The molecule has 30 aromatic rings. The molecule has 0 aliphatic rings. The van der Waals surface area contributed by atoms with Crippen LogP contribution in [0.4, 0.5) is 0 Å². The largest absolute Gasteiger partial charge is 0.278 e. The molecule has 0 spiro atoms. The van der Waals surface area contributed by atoms with Gasteiger partial charge in [0.2, 0.25) is 23.8 Å². The maximum absolute atomic E-state index is 5.32. The van der Waals surface area contributed by atoms with Gasteiger partial charge in [0.05, 0.1) is 100 Å². The second-order valence-electron chi connectivity index (χ2n) is 35.1. The Morgan fingerprint density at radius 2 is 0.414 bits per heavy atom. The SMILES string of the molecule is c1ccc2c(-c3nc(-n4c5ccccc5c5ccccc54)nc4ccccc34)cccc2c1.c1ccc2c(-c3nc(-n4c5ccccc5c5ccccc54)nc4ccccc34)cncc2c1.c1ccc2c(c1)cc(-c1nc(-n3c4ccccc4c4ccccc43)nc3ccccc13)c1ccccc12.c1cnc2c(c1)cc(-c1nc(-n3c4ccccc4c4ccccc43)nc3ccccc13)c1cccnc12. The van der Waals surface area contributed by atoms with Crippen molar-refractivity contribution in [3.63, 3.8) is 0 Å². The highest BCUT2D eigenvalue weighted by atomic mass is 15.2. The summed E-state index contributed by atoms with van der Waals surface area (Å²) in [4.78, 5) is 55.1. The van der Waals surface area contributed by atoms with Crippen molar-refractivity contribution in [3.8, 4) is 68.8 Å². The number of para-hydroxylation sites is 12. The molecule has 0 saturated heterocycles. The first-order valence-electron chi connectivity index (χ1n) is 46.9. The molecule has 15 heteroatoms. The van der Waals surface area contributed by atoms with Gasteiger partial charge in [-0.3, -0.25) is 33.2 Å². The number of nitrogens with zero attached hydrogens (tertiary/aromatic N) is 15. The Kier molecular flexibility index (Phi) is 19.2. The van der Waals surface area contributed by atoms with Gasteiger partial charge in [0.1, 0.15) is 0 Å². The van der Waals surface area contributed by atoms with Crippen molar-refractivity contribution in [3.05, 3.63) is 468 Å². The van der Waals surface area contributed by atoms with E-state index in [1.807, 2.05) is 79.4 Å². The molecule has 11 aromatic heterocycles. The van der Waals surface area contributed by atoms with Gasteiger partial charge in [-0.05, 0) is 135 Å². The average Bonchev–Trinajstić information content (AvgIpc) is 1.26. The summed E-state index contributed by atoms with van der Waals surface area (Å²) >= 11 is 0. The van der Waals surface area contributed by atoms with Crippen molar-refractivity contribution in [2.24, 2.45) is 0 Å². The van der Waals surface area contributed by atoms with Crippen LogP contribution < -0.4 is 0 Å². The highest BCUT2D eigenvalue weighted by Gasteiger charge is 2.26. The Morgan fingerprint density at radius 3 is 0.821 bits per heavy atom. The third kappa shape index (κ3) is 13.4. The van der Waals surface area contributed by atoms with E-state index < -0.39 is 0 Å². The lowest BCUT2D eigenvalue weighted by molar-refractivity contribution is 1.01. The fourth-order valence-electron chi connectivity index (χ4n) is 21.0. The Morgan fingerprint density at radius 1 is 0.150 bits per heavy atom. The molecule has 0 N–H and O–H groups in total. The van der Waals surface area contributed by atoms with Crippen LogP contribution in [0.25, 0.3) is 265 Å². The molecule has 0 radical (unpaired) electrons. The molecule has 0 saturated carbocycles. The number of hydrogen-bond acceptors (Lipinski definition) is 11. The van der Waals surface area contributed by atoms with Crippen LogP contribution in [0.1, 0.15) is 0 Å². The van der Waals surface area contributed by atoms with Crippen LogP contribution in [-0.4, -0.2) is 73.1 Å². The minimum absolute atomic E-state index is 0.648. The highest BCUT2D eigenvalue weighted by molar-refractivity contribution is 6.19. The summed E-state index contributed by atoms with van der Waals surface area (Å²) < 4.78 is 8.72. The first-order valence-corrected chi connectivity index (χ1v) is 46.9. The first-order chi connectivity index (χ1) is 69.5. The molecular formula is C125H77N15. The molecule has 11 heterocycles. The van der Waals surface area contributed by atoms with Crippen LogP contribution in [0.2, 0.25) is 0 Å². The Balaban J connectivity index is 0.0000000939. The molecule has 0 aliphatic heterocycles. The van der Waals surface area contributed by atoms with Gasteiger partial charge < -0.3 is 0 Å². The molecule has 0 atom stereocenters. The van der Waals surface area contributed by atoms with E-state index in [0.717, 1.165) is 165 Å². The fourth-order valence-corrected chi connectivity index (χ4v) is 21.0. The third-order valence-electron chi connectivity index (χ3n) is 27.2. The Hall–Kier alpha value is -19.3. The summed E-state index contributed by atoms with van der Waals surface area (Å²) in [6.07, 6.45) is 7.45. The summed E-state index contributed by atoms with van der Waals surface area (Å²) in [7, 11) is 0. The number of rotatable bonds is 8. The monoisotopic (exact) mass is 1790 g/mol. The topological polar surface area (TPSA) is 162 Å². The molecule has 15 nitrogen and oxygen atoms in total. The summed E-state index contributed by atoms with van der Waals surface area (Å²) in [6, 6.07) is 154. The van der Waals surface area contributed by atoms with Crippen molar-refractivity contribution in [2.75, 3.05) is 0 Å². The predicted molar refractivity (Wildman–Crippen MR) is 576 cm³/mol. The van der Waals surface area contributed by atoms with E-state index in [4.69, 9.17) is 44.9 Å². The minimum Gasteiger partial charge on any atom is -0.278 e. The zero-order valence-corrected chi connectivity index (χ0v) is 75.2. The Bertz CT molecular complexity index is 9500. The third-order valence-corrected chi connectivity index (χ3v) is 27.2. The van der Waals surface area contributed by atoms with E-state index in [2.05, 4.69) is 416 Å². The average molecular weight is 1790 g/mol. The van der Waals surface area contributed by atoms with Crippen LogP contribution in [0, 0.1) is 0 Å². The molecule has 0 bridgehead atoms. The van der Waals surface area contributed by atoms with Crippen LogP contribution in [0.5, 0.6) is 0 Å². The number of fused-ring (bicyclic) bond motifs is 24. The lowest BCUT2D eigenvalue weighted by Crippen LogP contribution is -2.03. The van der Waals surface area contributed by atoms with Crippen LogP contribution in [0.3, 0.4) is 0 Å². The number of pyridine rings is 3. The molecule has 0 aliphatic carbocycles. The number of aromatic nitrogens is 15. The minimum atomic E-state index is 0.648. The van der Waals surface area contributed by atoms with Crippen molar-refractivity contribution in [2.45, 2.75) is 0 Å². The second-order valence-corrected chi connectivity index (χ2v) is 35.1. The molecule has 652 valence electrons. The Labute approximate surface area is 799 Å². The van der Waals surface area contributed by atoms with Gasteiger partial charge in [-0.15, -0.1) is 0 Å². The molecule has 0 unspecified atom stereocenters. The summed E-state index contributed by atoms with van der Waals surface area (Å²) in [5.74, 6) is 2.68. The second kappa shape index (κ2) is 33.4. The van der Waals surface area contributed by atoms with Gasteiger partial charge >= 0.3 is 0 Å². The fraction of sp³-hybridized carbons (Fsp3) is 0. The lowest BCUT2D eigenvalue weighted by Gasteiger charge is -2.14. The lowest BCUT2D eigenvalue weighted by atomic mass is 9.94. The van der Waals surface area contributed by atoms with Gasteiger partial charge in [-0.1, -0.05) is 346 Å². The maximum atomic E-state index is 5.32. The van der Waals surface area contributed by atoms with E-state index in [1.165, 1.54) is 75.4 Å². The zero-order chi connectivity index (χ0) is 92.2. The summed E-state index contributed by atoms with van der Waals surface area (Å²) in [5.41, 5.74) is 22.2. The van der Waals surface area contributed by atoms with E-state index in [-0.39, 0.29) is 0 Å². The van der Waals surface area contributed by atoms with Gasteiger partial charge in [0.15, 0.2) is 0 Å². The quantitative estimate of drug-likeness (QED) is 0.133. The molecule has 0 amide bonds. The van der Waals surface area contributed by atoms with E-state index >= 15 is 0 Å². The van der Waals surface area contributed by atoms with Gasteiger partial charge in [-0.25, -0.2) is 39.9 Å². The normalized spacial score (nSPS) is 11.7. The van der Waals surface area contributed by atoms with Crippen molar-refractivity contribution >= 4 is 196 Å². The summed E-state index contributed by atoms with van der Waals surface area (Å²) in [5, 5.41) is 25.2. The molecular weight excluding hydrogens is 1710 g/mol. The molecule has 19 aromatic carbocycles. The van der Waals surface area contributed by atoms with Crippen LogP contribution in [-0.2, 0) is 0 Å². The molecule has 140 heavy (non-hydrogen) atoms. The number of hydrogen-bond donors (Lipinski definition) is 0. The van der Waals surface area contributed by atoms with E-state index in [9.17, 15) is 0 Å². The van der Waals surface area contributed by atoms with Crippen LogP contribution >= 0.6 is 0 Å². The van der Waals surface area contributed by atoms with Gasteiger partial charge in [0.25, 0.3) is 0 Å². The highest BCUT2D eigenvalue weighted by Crippen LogP contribution is 2.45. The molecule has 0 fully saturated rings. The van der Waals surface area contributed by atoms with Crippen LogP contribution in [0.15, 0.2) is 468 Å². The maximum Gasteiger partial charge on any atom is 0.235 e.